The molecule has 1 N–H and O–H groups in total. The lowest BCUT2D eigenvalue weighted by Crippen LogP contribution is -2.22. The van der Waals surface area contributed by atoms with E-state index in [1.807, 2.05) is 0 Å². The van der Waals surface area contributed by atoms with Crippen LogP contribution in [0.3, 0.4) is 0 Å². The van der Waals surface area contributed by atoms with Crippen LogP contribution in [0, 0.1) is 0 Å². The van der Waals surface area contributed by atoms with E-state index in [2.05, 4.69) is 35.3 Å². The molecule has 1 saturated heterocycles. The van der Waals surface area contributed by atoms with Crippen molar-refractivity contribution in [3.05, 3.63) is 28.8 Å². The molecule has 1 aromatic rings. The van der Waals surface area contributed by atoms with E-state index in [9.17, 15) is 0 Å². The van der Waals surface area contributed by atoms with Crippen molar-refractivity contribution in [1.82, 2.24) is 5.32 Å². The first-order chi connectivity index (χ1) is 8.74. The van der Waals surface area contributed by atoms with Gasteiger partial charge >= 0.3 is 0 Å². The van der Waals surface area contributed by atoms with Crippen LogP contribution in [0.5, 0.6) is 0 Å². The van der Waals surface area contributed by atoms with E-state index in [4.69, 9.17) is 16.3 Å². The molecule has 0 bridgehead atoms. The van der Waals surface area contributed by atoms with Crippen molar-refractivity contribution < 1.29 is 4.74 Å². The lowest BCUT2D eigenvalue weighted by Gasteiger charge is -2.20. The number of halogens is 1. The number of hydrogen-bond donors (Lipinski definition) is 1. The van der Waals surface area contributed by atoms with E-state index in [1.165, 1.54) is 5.56 Å². The molecule has 1 aliphatic heterocycles. The topological polar surface area (TPSA) is 24.5 Å². The standard InChI is InChI=1S/C14H21ClN2O/c1-3-16-9-11-4-5-14(13(15)8-11)17-7-6-12(10-17)18-2/h4-5,8,12,16H,3,6-7,9-10H2,1-2H3. The van der Waals surface area contributed by atoms with Gasteiger partial charge in [-0.3, -0.25) is 0 Å². The molecule has 100 valence electrons. The van der Waals surface area contributed by atoms with Crippen LogP contribution in [-0.4, -0.2) is 32.8 Å². The largest absolute Gasteiger partial charge is 0.380 e. The molecule has 0 saturated carbocycles. The first-order valence-electron chi connectivity index (χ1n) is 6.51. The molecule has 18 heavy (non-hydrogen) atoms. The third-order valence-corrected chi connectivity index (χ3v) is 3.71. The van der Waals surface area contributed by atoms with Crippen LogP contribution in [0.25, 0.3) is 0 Å². The van der Waals surface area contributed by atoms with Crippen LogP contribution in [0.15, 0.2) is 18.2 Å². The van der Waals surface area contributed by atoms with Crippen LogP contribution < -0.4 is 10.2 Å². The highest BCUT2D eigenvalue weighted by atomic mass is 35.5. The summed E-state index contributed by atoms with van der Waals surface area (Å²) in [6.07, 6.45) is 1.41. The van der Waals surface area contributed by atoms with Gasteiger partial charge in [0.15, 0.2) is 0 Å². The van der Waals surface area contributed by atoms with E-state index in [0.717, 1.165) is 43.3 Å². The van der Waals surface area contributed by atoms with Crippen molar-refractivity contribution in [2.45, 2.75) is 26.0 Å². The van der Waals surface area contributed by atoms with Crippen molar-refractivity contribution in [3.8, 4) is 0 Å². The Morgan fingerprint density at radius 1 is 1.50 bits per heavy atom. The predicted molar refractivity (Wildman–Crippen MR) is 76.5 cm³/mol. The summed E-state index contributed by atoms with van der Waals surface area (Å²) in [5.74, 6) is 0. The fourth-order valence-corrected chi connectivity index (χ4v) is 2.65. The molecule has 1 heterocycles. The minimum atomic E-state index is 0.336. The van der Waals surface area contributed by atoms with E-state index in [1.54, 1.807) is 7.11 Å². The lowest BCUT2D eigenvalue weighted by molar-refractivity contribution is 0.121. The summed E-state index contributed by atoms with van der Waals surface area (Å²) in [6.45, 7) is 5.90. The maximum atomic E-state index is 6.37. The number of nitrogens with zero attached hydrogens (tertiary/aromatic N) is 1. The van der Waals surface area contributed by atoms with Crippen molar-refractivity contribution in [1.29, 1.82) is 0 Å². The third-order valence-electron chi connectivity index (χ3n) is 3.41. The van der Waals surface area contributed by atoms with Gasteiger partial charge in [-0.15, -0.1) is 0 Å². The Balaban J connectivity index is 2.05. The Morgan fingerprint density at radius 3 is 2.94 bits per heavy atom. The minimum Gasteiger partial charge on any atom is -0.380 e. The normalized spacial score (nSPS) is 19.5. The van der Waals surface area contributed by atoms with Gasteiger partial charge < -0.3 is 15.0 Å². The summed E-state index contributed by atoms with van der Waals surface area (Å²) >= 11 is 6.37. The van der Waals surface area contributed by atoms with Gasteiger partial charge in [0.25, 0.3) is 0 Å². The molecule has 0 amide bonds. The summed E-state index contributed by atoms with van der Waals surface area (Å²) in [5, 5.41) is 4.14. The van der Waals surface area contributed by atoms with Crippen molar-refractivity contribution in [3.63, 3.8) is 0 Å². The lowest BCUT2D eigenvalue weighted by atomic mass is 10.2. The average molecular weight is 269 g/mol. The van der Waals surface area contributed by atoms with Crippen molar-refractivity contribution >= 4 is 17.3 Å². The Kier molecular flexibility index (Phi) is 4.87. The summed E-state index contributed by atoms with van der Waals surface area (Å²) in [4.78, 5) is 2.30. The van der Waals surface area contributed by atoms with Crippen LogP contribution in [0.1, 0.15) is 18.9 Å². The zero-order valence-corrected chi connectivity index (χ0v) is 11.8. The Morgan fingerprint density at radius 2 is 2.33 bits per heavy atom. The molecule has 0 spiro atoms. The smallest absolute Gasteiger partial charge is 0.0762 e. The highest BCUT2D eigenvalue weighted by Crippen LogP contribution is 2.30. The third kappa shape index (κ3) is 3.16. The molecule has 1 unspecified atom stereocenters. The second-order valence-corrected chi connectivity index (χ2v) is 5.07. The molecule has 0 aliphatic carbocycles. The maximum absolute atomic E-state index is 6.37. The fraction of sp³-hybridized carbons (Fsp3) is 0.571. The molecule has 4 heteroatoms. The number of hydrogen-bond acceptors (Lipinski definition) is 3. The first-order valence-corrected chi connectivity index (χ1v) is 6.89. The van der Waals surface area contributed by atoms with Crippen molar-refractivity contribution in [2.24, 2.45) is 0 Å². The number of methoxy groups -OCH3 is 1. The summed E-state index contributed by atoms with van der Waals surface area (Å²) in [5.41, 5.74) is 2.35. The summed E-state index contributed by atoms with van der Waals surface area (Å²) < 4.78 is 5.38. The number of benzene rings is 1. The number of ether oxygens (including phenoxy) is 1. The van der Waals surface area contributed by atoms with Gasteiger partial charge in [-0.05, 0) is 30.7 Å². The van der Waals surface area contributed by atoms with E-state index in [-0.39, 0.29) is 0 Å². The quantitative estimate of drug-likeness (QED) is 0.889. The highest BCUT2D eigenvalue weighted by molar-refractivity contribution is 6.33. The molecular weight excluding hydrogens is 248 g/mol. The molecule has 2 rings (SSSR count). The Labute approximate surface area is 114 Å². The van der Waals surface area contributed by atoms with Gasteiger partial charge in [0.2, 0.25) is 0 Å². The Hall–Kier alpha value is -0.770. The minimum absolute atomic E-state index is 0.336. The molecule has 0 radical (unpaired) electrons. The number of anilines is 1. The zero-order valence-electron chi connectivity index (χ0n) is 11.1. The van der Waals surface area contributed by atoms with Crippen molar-refractivity contribution in [2.75, 3.05) is 31.6 Å². The first kappa shape index (κ1) is 13.7. The van der Waals surface area contributed by atoms with E-state index < -0.39 is 0 Å². The van der Waals surface area contributed by atoms with Crippen LogP contribution in [-0.2, 0) is 11.3 Å². The predicted octanol–water partition coefficient (Wildman–Crippen LogP) is 2.67. The fourth-order valence-electron chi connectivity index (χ4n) is 2.33. The molecule has 1 aromatic carbocycles. The van der Waals surface area contributed by atoms with Gasteiger partial charge in [-0.1, -0.05) is 24.6 Å². The maximum Gasteiger partial charge on any atom is 0.0762 e. The number of nitrogens with one attached hydrogen (secondary N) is 1. The average Bonchev–Trinajstić information content (AvgIpc) is 2.85. The van der Waals surface area contributed by atoms with Crippen LogP contribution >= 0.6 is 11.6 Å². The summed E-state index contributed by atoms with van der Waals surface area (Å²) in [7, 11) is 1.77. The zero-order chi connectivity index (χ0) is 13.0. The molecular formula is C14H21ClN2O. The SMILES string of the molecule is CCNCc1ccc(N2CCC(OC)C2)c(Cl)c1. The van der Waals surface area contributed by atoms with Gasteiger partial charge in [0.1, 0.15) is 0 Å². The van der Waals surface area contributed by atoms with E-state index >= 15 is 0 Å². The van der Waals surface area contributed by atoms with Gasteiger partial charge in [0, 0.05) is 26.7 Å². The molecule has 0 aromatic heterocycles. The van der Waals surface area contributed by atoms with Gasteiger partial charge in [-0.25, -0.2) is 0 Å². The molecule has 1 fully saturated rings. The van der Waals surface area contributed by atoms with E-state index in [0.29, 0.717) is 6.10 Å². The number of rotatable bonds is 5. The summed E-state index contributed by atoms with van der Waals surface area (Å²) in [6, 6.07) is 6.32. The molecule has 1 atom stereocenters. The van der Waals surface area contributed by atoms with Gasteiger partial charge in [-0.2, -0.15) is 0 Å². The molecule has 1 aliphatic rings. The second-order valence-electron chi connectivity index (χ2n) is 4.66. The van der Waals surface area contributed by atoms with Crippen LogP contribution in [0.2, 0.25) is 5.02 Å². The Bertz CT molecular complexity index is 397. The van der Waals surface area contributed by atoms with Crippen LogP contribution in [0.4, 0.5) is 5.69 Å². The second kappa shape index (κ2) is 6.41. The van der Waals surface area contributed by atoms with Gasteiger partial charge in [0.05, 0.1) is 16.8 Å². The highest BCUT2D eigenvalue weighted by Gasteiger charge is 2.23. The molecule has 3 nitrogen and oxygen atoms in total. The monoisotopic (exact) mass is 268 g/mol.